The first kappa shape index (κ1) is 15.5. The van der Waals surface area contributed by atoms with Gasteiger partial charge >= 0.3 is 0 Å². The van der Waals surface area contributed by atoms with Crippen LogP contribution in [0.25, 0.3) is 16.6 Å². The summed E-state index contributed by atoms with van der Waals surface area (Å²) in [5.74, 6) is -0.116. The van der Waals surface area contributed by atoms with Crippen LogP contribution in [0.4, 0.5) is 5.69 Å². The number of aromatic nitrogens is 2. The highest BCUT2D eigenvalue weighted by atomic mass is 16.1. The van der Waals surface area contributed by atoms with Crippen LogP contribution in [0.1, 0.15) is 21.5 Å². The first-order valence-corrected chi connectivity index (χ1v) is 7.36. The van der Waals surface area contributed by atoms with Gasteiger partial charge in [-0.25, -0.2) is 4.98 Å². The van der Waals surface area contributed by atoms with Crippen molar-refractivity contribution in [3.63, 3.8) is 0 Å². The molecule has 0 bridgehead atoms. The minimum atomic E-state index is -0.116. The predicted molar refractivity (Wildman–Crippen MR) is 97.0 cm³/mol. The van der Waals surface area contributed by atoms with Crippen molar-refractivity contribution in [3.8, 4) is 0 Å². The van der Waals surface area contributed by atoms with Crippen LogP contribution in [-0.4, -0.2) is 29.0 Å². The summed E-state index contributed by atoms with van der Waals surface area (Å²) in [4.78, 5) is 24.1. The number of rotatable bonds is 4. The third kappa shape index (κ3) is 2.77. The number of allylic oxidation sites excluding steroid dienone is 1. The van der Waals surface area contributed by atoms with Crippen LogP contribution in [-0.2, 0) is 0 Å². The van der Waals surface area contributed by atoms with E-state index in [2.05, 4.69) is 15.0 Å². The number of carbonyl (C=O) groups is 1. The van der Waals surface area contributed by atoms with Gasteiger partial charge in [-0.15, -0.1) is 0 Å². The van der Waals surface area contributed by atoms with E-state index in [0.29, 0.717) is 22.5 Å². The molecule has 0 aliphatic rings. The average molecular weight is 319 g/mol. The topological polar surface area (TPSA) is 110 Å². The quantitative estimate of drug-likeness (QED) is 0.389. The summed E-state index contributed by atoms with van der Waals surface area (Å²) in [5, 5.41) is 0.726. The maximum atomic E-state index is 12.8. The van der Waals surface area contributed by atoms with E-state index in [-0.39, 0.29) is 5.78 Å². The fraction of sp³-hybridized carbons (Fsp3) is 0.0556. The first-order chi connectivity index (χ1) is 11.6. The fourth-order valence-electron chi connectivity index (χ4n) is 2.54. The molecule has 2 aromatic heterocycles. The lowest BCUT2D eigenvalue weighted by atomic mass is 10.0. The molecule has 120 valence electrons. The average Bonchev–Trinajstić information content (AvgIpc) is 3.02. The minimum Gasteiger partial charge on any atom is -0.404 e. The van der Waals surface area contributed by atoms with E-state index in [9.17, 15) is 4.79 Å². The molecule has 6 heteroatoms. The number of nitrogen functional groups attached to an aromatic ring is 1. The van der Waals surface area contributed by atoms with Crippen LogP contribution < -0.4 is 11.5 Å². The van der Waals surface area contributed by atoms with Crippen molar-refractivity contribution in [1.29, 1.82) is 0 Å². The zero-order chi connectivity index (χ0) is 17.1. The van der Waals surface area contributed by atoms with Gasteiger partial charge in [-0.3, -0.25) is 9.79 Å². The number of fused-ring (bicyclic) bond motifs is 1. The number of H-pyrrole nitrogens is 1. The summed E-state index contributed by atoms with van der Waals surface area (Å²) in [6, 6.07) is 8.78. The highest BCUT2D eigenvalue weighted by Gasteiger charge is 2.16. The molecule has 0 aliphatic heterocycles. The number of ketones is 1. The summed E-state index contributed by atoms with van der Waals surface area (Å²) in [6.07, 6.45) is 6.46. The van der Waals surface area contributed by atoms with Gasteiger partial charge in [0.15, 0.2) is 5.78 Å². The Morgan fingerprint density at radius 1 is 1.29 bits per heavy atom. The van der Waals surface area contributed by atoms with Gasteiger partial charge in [0.1, 0.15) is 5.65 Å². The molecule has 0 unspecified atom stereocenters. The Labute approximate surface area is 138 Å². The molecule has 2 heterocycles. The van der Waals surface area contributed by atoms with E-state index in [4.69, 9.17) is 11.5 Å². The molecule has 1 aromatic carbocycles. The highest BCUT2D eigenvalue weighted by molar-refractivity contribution is 6.17. The van der Waals surface area contributed by atoms with Crippen LogP contribution >= 0.6 is 0 Å². The molecule has 6 nitrogen and oxygen atoms in total. The molecule has 5 N–H and O–H groups in total. The van der Waals surface area contributed by atoms with Crippen LogP contribution in [0.3, 0.4) is 0 Å². The number of aliphatic imine (C=N–C) groups is 1. The molecule has 0 fully saturated rings. The Morgan fingerprint density at radius 3 is 2.83 bits per heavy atom. The van der Waals surface area contributed by atoms with E-state index in [1.165, 1.54) is 6.20 Å². The second-order valence-corrected chi connectivity index (χ2v) is 5.29. The summed E-state index contributed by atoms with van der Waals surface area (Å²) in [6.45, 7) is 0. The van der Waals surface area contributed by atoms with E-state index in [1.54, 1.807) is 49.9 Å². The van der Waals surface area contributed by atoms with Crippen molar-refractivity contribution in [1.82, 2.24) is 9.97 Å². The Balaban J connectivity index is 2.11. The molecular formula is C18H17N5O. The number of aromatic amines is 1. The molecule has 0 saturated heterocycles. The van der Waals surface area contributed by atoms with Crippen molar-refractivity contribution < 1.29 is 4.79 Å². The van der Waals surface area contributed by atoms with Gasteiger partial charge in [-0.05, 0) is 18.2 Å². The van der Waals surface area contributed by atoms with Crippen LogP contribution in [0.15, 0.2) is 53.9 Å². The Hall–Kier alpha value is -3.41. The van der Waals surface area contributed by atoms with Gasteiger partial charge in [0, 0.05) is 65.2 Å². The Bertz CT molecular complexity index is 968. The fourth-order valence-corrected chi connectivity index (χ4v) is 2.54. The number of nitrogens with zero attached hydrogens (tertiary/aromatic N) is 2. The summed E-state index contributed by atoms with van der Waals surface area (Å²) >= 11 is 0. The smallest absolute Gasteiger partial charge is 0.195 e. The lowest BCUT2D eigenvalue weighted by molar-refractivity contribution is 0.104. The zero-order valence-electron chi connectivity index (χ0n) is 13.2. The second-order valence-electron chi connectivity index (χ2n) is 5.29. The number of hydrogen-bond acceptors (Lipinski definition) is 5. The molecule has 3 aromatic rings. The zero-order valence-corrected chi connectivity index (χ0v) is 13.2. The maximum Gasteiger partial charge on any atom is 0.195 e. The van der Waals surface area contributed by atoms with Crippen molar-refractivity contribution >= 4 is 34.3 Å². The van der Waals surface area contributed by atoms with E-state index >= 15 is 0 Å². The van der Waals surface area contributed by atoms with Gasteiger partial charge in [0.25, 0.3) is 0 Å². The SMILES string of the molecule is CN=CC(=CN)c1cnc2[nH]cc(C(=O)c3cccc(N)c3)c2c1. The predicted octanol–water partition coefficient (Wildman–Crippen LogP) is 2.38. The Morgan fingerprint density at radius 2 is 2.12 bits per heavy atom. The summed E-state index contributed by atoms with van der Waals surface area (Å²) in [7, 11) is 1.67. The molecule has 0 atom stereocenters. The lowest BCUT2D eigenvalue weighted by Crippen LogP contribution is -2.01. The molecule has 0 amide bonds. The largest absolute Gasteiger partial charge is 0.404 e. The third-order valence-electron chi connectivity index (χ3n) is 3.71. The first-order valence-electron chi connectivity index (χ1n) is 7.36. The van der Waals surface area contributed by atoms with Gasteiger partial charge in [-0.2, -0.15) is 0 Å². The molecule has 0 saturated carbocycles. The minimum absolute atomic E-state index is 0.116. The molecule has 3 rings (SSSR count). The van der Waals surface area contributed by atoms with E-state index in [0.717, 1.165) is 16.5 Å². The summed E-state index contributed by atoms with van der Waals surface area (Å²) in [5.41, 5.74) is 15.2. The van der Waals surface area contributed by atoms with Crippen LogP contribution in [0.5, 0.6) is 0 Å². The number of hydrogen-bond donors (Lipinski definition) is 3. The van der Waals surface area contributed by atoms with Crippen molar-refractivity contribution in [2.75, 3.05) is 12.8 Å². The van der Waals surface area contributed by atoms with Crippen molar-refractivity contribution in [2.45, 2.75) is 0 Å². The van der Waals surface area contributed by atoms with Crippen LogP contribution in [0, 0.1) is 0 Å². The maximum absolute atomic E-state index is 12.8. The van der Waals surface area contributed by atoms with E-state index in [1.807, 2.05) is 6.07 Å². The number of carbonyl (C=O) groups excluding carboxylic acids is 1. The van der Waals surface area contributed by atoms with Crippen LogP contribution in [0.2, 0.25) is 0 Å². The van der Waals surface area contributed by atoms with E-state index < -0.39 is 0 Å². The van der Waals surface area contributed by atoms with Gasteiger partial charge in [0.05, 0.1) is 0 Å². The number of pyridine rings is 1. The number of nitrogens with two attached hydrogens (primary N) is 2. The molecule has 0 radical (unpaired) electrons. The number of benzene rings is 1. The van der Waals surface area contributed by atoms with Gasteiger partial charge in [0.2, 0.25) is 0 Å². The van der Waals surface area contributed by atoms with Gasteiger partial charge < -0.3 is 16.5 Å². The standard InChI is InChI=1S/C18H17N5O/c1-21-8-13(7-19)12-6-15-16(10-23-18(15)22-9-12)17(24)11-3-2-4-14(20)5-11/h2-10H,19-20H2,1H3,(H,22,23). The number of anilines is 1. The monoisotopic (exact) mass is 319 g/mol. The molecular weight excluding hydrogens is 302 g/mol. The highest BCUT2D eigenvalue weighted by Crippen LogP contribution is 2.23. The van der Waals surface area contributed by atoms with Gasteiger partial charge in [-0.1, -0.05) is 12.1 Å². The molecule has 24 heavy (non-hydrogen) atoms. The Kier molecular flexibility index (Phi) is 4.11. The van der Waals surface area contributed by atoms with Crippen molar-refractivity contribution in [3.05, 3.63) is 65.6 Å². The third-order valence-corrected chi connectivity index (χ3v) is 3.71. The summed E-state index contributed by atoms with van der Waals surface area (Å²) < 4.78 is 0. The molecule has 0 aliphatic carbocycles. The number of nitrogens with one attached hydrogen (secondary N) is 1. The lowest BCUT2D eigenvalue weighted by Gasteiger charge is -2.03. The second kappa shape index (κ2) is 6.37. The normalized spacial score (nSPS) is 12.1. The van der Waals surface area contributed by atoms with Crippen molar-refractivity contribution in [2.24, 2.45) is 10.7 Å². The molecule has 0 spiro atoms.